The second-order valence-electron chi connectivity index (χ2n) is 11.9. The summed E-state index contributed by atoms with van der Waals surface area (Å²) in [4.78, 5) is 22.5. The van der Waals surface area contributed by atoms with Gasteiger partial charge in [-0.15, -0.1) is 0 Å². The minimum Gasteiger partial charge on any atom is -0.393 e. The standard InChI is InChI=1S/C35H67N2O7P/c1-3-5-7-9-11-12-13-14-15-16-17-18-19-21-23-25-27-34(39)33(31-44-45(41,42)43-29-28-36)37-35(40)30-32(38)26-24-22-20-10-8-6-4-2/h14-15,18-19,25,27,32-34,38-39H,3-13,16-17,20-24,26,28-31,36H2,1-2H3,(H,37,40)(H,41,42)/b15-14+,19-18+,27-25+. The number of aliphatic hydroxyl groups excluding tert-OH is 2. The van der Waals surface area contributed by atoms with Crippen LogP contribution in [0.1, 0.15) is 142 Å². The molecule has 0 bridgehead atoms. The Labute approximate surface area is 274 Å². The van der Waals surface area contributed by atoms with Gasteiger partial charge in [0.15, 0.2) is 0 Å². The predicted octanol–water partition coefficient (Wildman–Crippen LogP) is 7.80. The second kappa shape index (κ2) is 31.3. The van der Waals surface area contributed by atoms with Gasteiger partial charge in [0.05, 0.1) is 37.9 Å². The summed E-state index contributed by atoms with van der Waals surface area (Å²) >= 11 is 0. The van der Waals surface area contributed by atoms with Gasteiger partial charge in [-0.25, -0.2) is 4.57 Å². The lowest BCUT2D eigenvalue weighted by Crippen LogP contribution is -2.46. The van der Waals surface area contributed by atoms with Crippen LogP contribution in [0.15, 0.2) is 36.5 Å². The maximum atomic E-state index is 12.6. The van der Waals surface area contributed by atoms with E-state index in [0.29, 0.717) is 12.8 Å². The molecular weight excluding hydrogens is 591 g/mol. The van der Waals surface area contributed by atoms with Gasteiger partial charge in [-0.1, -0.05) is 127 Å². The van der Waals surface area contributed by atoms with Crippen LogP contribution in [0.25, 0.3) is 0 Å². The quantitative estimate of drug-likeness (QED) is 0.0279. The number of nitrogens with one attached hydrogen (secondary N) is 1. The maximum Gasteiger partial charge on any atom is 0.472 e. The Morgan fingerprint density at radius 3 is 1.84 bits per heavy atom. The van der Waals surface area contributed by atoms with Crippen molar-refractivity contribution in [1.29, 1.82) is 0 Å². The van der Waals surface area contributed by atoms with Gasteiger partial charge in [0.1, 0.15) is 0 Å². The fourth-order valence-electron chi connectivity index (χ4n) is 4.79. The molecule has 45 heavy (non-hydrogen) atoms. The normalized spacial score (nSPS) is 15.6. The van der Waals surface area contributed by atoms with Gasteiger partial charge in [0.25, 0.3) is 0 Å². The minimum absolute atomic E-state index is 0.0421. The molecule has 0 aliphatic heterocycles. The molecular formula is C35H67N2O7P. The molecule has 0 fully saturated rings. The summed E-state index contributed by atoms with van der Waals surface area (Å²) in [6.07, 6.45) is 31.1. The van der Waals surface area contributed by atoms with Crippen LogP contribution in [0.3, 0.4) is 0 Å². The number of hydrogen-bond donors (Lipinski definition) is 5. The number of carbonyl (C=O) groups is 1. The smallest absolute Gasteiger partial charge is 0.393 e. The van der Waals surface area contributed by atoms with Crippen LogP contribution >= 0.6 is 7.82 Å². The van der Waals surface area contributed by atoms with Gasteiger partial charge in [0, 0.05) is 6.54 Å². The second-order valence-corrected chi connectivity index (χ2v) is 13.4. The third-order valence-corrected chi connectivity index (χ3v) is 8.49. The summed E-state index contributed by atoms with van der Waals surface area (Å²) < 4.78 is 21.9. The number of phosphoric acid groups is 1. The average Bonchev–Trinajstić information content (AvgIpc) is 3.01. The first-order valence-electron chi connectivity index (χ1n) is 17.7. The Morgan fingerprint density at radius 1 is 0.756 bits per heavy atom. The Morgan fingerprint density at radius 2 is 1.27 bits per heavy atom. The van der Waals surface area contributed by atoms with Gasteiger partial charge in [-0.2, -0.15) is 0 Å². The van der Waals surface area contributed by atoms with Crippen LogP contribution < -0.4 is 11.1 Å². The molecule has 4 unspecified atom stereocenters. The summed E-state index contributed by atoms with van der Waals surface area (Å²) in [5.41, 5.74) is 5.32. The first kappa shape index (κ1) is 43.7. The topological polar surface area (TPSA) is 151 Å². The Bertz CT molecular complexity index is 822. The van der Waals surface area contributed by atoms with Crippen molar-refractivity contribution >= 4 is 13.7 Å². The molecule has 9 nitrogen and oxygen atoms in total. The summed E-state index contributed by atoms with van der Waals surface area (Å²) in [5, 5.41) is 23.7. The molecule has 0 aromatic heterocycles. The highest BCUT2D eigenvalue weighted by atomic mass is 31.2. The summed E-state index contributed by atoms with van der Waals surface area (Å²) in [6.45, 7) is 3.85. The zero-order chi connectivity index (χ0) is 33.4. The third kappa shape index (κ3) is 29.8. The zero-order valence-electron chi connectivity index (χ0n) is 28.5. The van der Waals surface area contributed by atoms with Crippen molar-refractivity contribution in [3.63, 3.8) is 0 Å². The van der Waals surface area contributed by atoms with Gasteiger partial charge in [-0.3, -0.25) is 13.8 Å². The maximum absolute atomic E-state index is 12.6. The van der Waals surface area contributed by atoms with Crippen LogP contribution in [0.5, 0.6) is 0 Å². The summed E-state index contributed by atoms with van der Waals surface area (Å²) in [7, 11) is -4.40. The van der Waals surface area contributed by atoms with Crippen molar-refractivity contribution in [3.05, 3.63) is 36.5 Å². The van der Waals surface area contributed by atoms with Gasteiger partial charge >= 0.3 is 7.82 Å². The number of phosphoric ester groups is 1. The highest BCUT2D eigenvalue weighted by molar-refractivity contribution is 7.47. The van der Waals surface area contributed by atoms with Crippen molar-refractivity contribution in [2.75, 3.05) is 19.8 Å². The fraction of sp³-hybridized carbons (Fsp3) is 0.800. The van der Waals surface area contributed by atoms with Gasteiger partial charge < -0.3 is 26.2 Å². The highest BCUT2D eigenvalue weighted by Crippen LogP contribution is 2.43. The largest absolute Gasteiger partial charge is 0.472 e. The van der Waals surface area contributed by atoms with Crippen LogP contribution in [-0.4, -0.2) is 59.0 Å². The number of unbranched alkanes of at least 4 members (excludes halogenated alkanes) is 14. The molecule has 0 radical (unpaired) electrons. The SMILES string of the molecule is CCCCCCCC/C=C/CC/C=C/CC/C=C/C(O)C(COP(=O)(O)OCCN)NC(=O)CC(O)CCCCCCCCC. The number of aliphatic hydroxyl groups is 2. The van der Waals surface area contributed by atoms with Crippen molar-refractivity contribution in [3.8, 4) is 0 Å². The molecule has 0 rings (SSSR count). The number of hydrogen-bond acceptors (Lipinski definition) is 7. The molecule has 0 spiro atoms. The van der Waals surface area contributed by atoms with E-state index in [1.807, 2.05) is 6.08 Å². The Kier molecular flexibility index (Phi) is 30.4. The van der Waals surface area contributed by atoms with E-state index in [-0.39, 0.29) is 19.6 Å². The fourth-order valence-corrected chi connectivity index (χ4v) is 5.55. The first-order valence-corrected chi connectivity index (χ1v) is 19.2. The number of nitrogens with two attached hydrogens (primary N) is 1. The molecule has 0 aliphatic rings. The van der Waals surface area contributed by atoms with E-state index < -0.39 is 38.6 Å². The number of amides is 1. The van der Waals surface area contributed by atoms with E-state index in [0.717, 1.165) is 44.9 Å². The molecule has 1 amide bonds. The Hall–Kier alpha value is -1.32. The lowest BCUT2D eigenvalue weighted by Gasteiger charge is -2.24. The van der Waals surface area contributed by atoms with E-state index in [9.17, 15) is 24.5 Å². The molecule has 0 aromatic carbocycles. The monoisotopic (exact) mass is 658 g/mol. The van der Waals surface area contributed by atoms with Crippen LogP contribution in [0.4, 0.5) is 0 Å². The van der Waals surface area contributed by atoms with Crippen molar-refractivity contribution in [1.82, 2.24) is 5.32 Å². The van der Waals surface area contributed by atoms with E-state index >= 15 is 0 Å². The number of carbonyl (C=O) groups excluding carboxylic acids is 1. The predicted molar refractivity (Wildman–Crippen MR) is 186 cm³/mol. The molecule has 4 atom stereocenters. The molecule has 10 heteroatoms. The number of allylic oxidation sites excluding steroid dienone is 5. The third-order valence-electron chi connectivity index (χ3n) is 7.50. The van der Waals surface area contributed by atoms with E-state index in [1.54, 1.807) is 6.08 Å². The number of rotatable bonds is 32. The van der Waals surface area contributed by atoms with Crippen LogP contribution in [-0.2, 0) is 18.4 Å². The van der Waals surface area contributed by atoms with E-state index in [4.69, 9.17) is 14.8 Å². The van der Waals surface area contributed by atoms with Crippen molar-refractivity contribution in [2.45, 2.75) is 161 Å². The van der Waals surface area contributed by atoms with E-state index in [1.165, 1.54) is 64.2 Å². The van der Waals surface area contributed by atoms with E-state index in [2.05, 4.69) is 43.5 Å². The molecule has 0 saturated carbocycles. The molecule has 0 heterocycles. The molecule has 264 valence electrons. The van der Waals surface area contributed by atoms with Gasteiger partial charge in [0.2, 0.25) is 5.91 Å². The first-order chi connectivity index (χ1) is 21.8. The highest BCUT2D eigenvalue weighted by Gasteiger charge is 2.27. The summed E-state index contributed by atoms with van der Waals surface area (Å²) in [6, 6.07) is -1.000. The van der Waals surface area contributed by atoms with Crippen LogP contribution in [0, 0.1) is 0 Å². The lowest BCUT2D eigenvalue weighted by molar-refractivity contribution is -0.124. The van der Waals surface area contributed by atoms with Crippen molar-refractivity contribution in [2.24, 2.45) is 5.73 Å². The zero-order valence-corrected chi connectivity index (χ0v) is 29.4. The Balaban J connectivity index is 4.57. The average molecular weight is 659 g/mol. The van der Waals surface area contributed by atoms with Gasteiger partial charge in [-0.05, 0) is 44.9 Å². The van der Waals surface area contributed by atoms with Crippen molar-refractivity contribution < 1.29 is 33.5 Å². The summed E-state index contributed by atoms with van der Waals surface area (Å²) in [5.74, 6) is -0.467. The lowest BCUT2D eigenvalue weighted by atomic mass is 10.0. The molecule has 6 N–H and O–H groups in total. The molecule has 0 saturated heterocycles. The van der Waals surface area contributed by atoms with Crippen LogP contribution in [0.2, 0.25) is 0 Å². The molecule has 0 aliphatic carbocycles. The molecule has 0 aromatic rings. The minimum atomic E-state index is -4.40.